The molecule has 3 aromatic carbocycles. The molecule has 0 unspecified atom stereocenters. The van der Waals surface area contributed by atoms with Gasteiger partial charge in [-0.3, -0.25) is 14.6 Å². The zero-order valence-electron chi connectivity index (χ0n) is 22.1. The molecule has 7 heteroatoms. The van der Waals surface area contributed by atoms with Crippen LogP contribution >= 0.6 is 0 Å². The number of hydrogen-bond donors (Lipinski definition) is 3. The first-order chi connectivity index (χ1) is 19.1. The number of pyridine rings is 1. The number of nitrogens with two attached hydrogens (primary N) is 2. The number of carbonyl (C=O) groups excluding carboxylic acids is 2. The Morgan fingerprint density at radius 3 is 2.44 bits per heavy atom. The lowest BCUT2D eigenvalue weighted by Gasteiger charge is -2.25. The summed E-state index contributed by atoms with van der Waals surface area (Å²) in [6.07, 6.45) is 8.35. The molecule has 1 saturated carbocycles. The summed E-state index contributed by atoms with van der Waals surface area (Å²) in [5.41, 5.74) is 17.0. The highest BCUT2D eigenvalue weighted by molar-refractivity contribution is 6.15. The molecule has 0 aliphatic heterocycles. The maximum Gasteiger partial charge on any atom is 0.250 e. The average Bonchev–Trinajstić information content (AvgIpc) is 3.33. The van der Waals surface area contributed by atoms with E-state index in [0.717, 1.165) is 63.4 Å². The van der Waals surface area contributed by atoms with Gasteiger partial charge < -0.3 is 21.4 Å². The molecule has 0 bridgehead atoms. The van der Waals surface area contributed by atoms with E-state index in [2.05, 4.69) is 44.9 Å². The lowest BCUT2D eigenvalue weighted by molar-refractivity contribution is 0.100. The number of nitrogens with one attached hydrogen (secondary N) is 1. The number of aldehydes is 1. The SMILES string of the molecule is CN.NC(=O)c1ccc(-n2c3ccccc3c3c(-c4ccc(C=O)nc4)cccc32)cc1NC1CCCCC1. The number of anilines is 1. The number of para-hydroxylation sites is 1. The molecule has 7 nitrogen and oxygen atoms in total. The summed E-state index contributed by atoms with van der Waals surface area (Å²) in [5.74, 6) is -0.430. The van der Waals surface area contributed by atoms with Crippen LogP contribution in [0.4, 0.5) is 5.69 Å². The monoisotopic (exact) mass is 519 g/mol. The quantitative estimate of drug-likeness (QED) is 0.235. The van der Waals surface area contributed by atoms with E-state index in [1.807, 2.05) is 42.5 Å². The second-order valence-electron chi connectivity index (χ2n) is 9.72. The highest BCUT2D eigenvalue weighted by Crippen LogP contribution is 2.39. The van der Waals surface area contributed by atoms with Crippen LogP contribution in [0.2, 0.25) is 0 Å². The van der Waals surface area contributed by atoms with Crippen LogP contribution in [-0.2, 0) is 0 Å². The summed E-state index contributed by atoms with van der Waals surface area (Å²) in [5, 5.41) is 5.86. The van der Waals surface area contributed by atoms with E-state index in [1.165, 1.54) is 26.3 Å². The largest absolute Gasteiger partial charge is 0.382 e. The zero-order valence-corrected chi connectivity index (χ0v) is 22.1. The van der Waals surface area contributed by atoms with Crippen molar-refractivity contribution in [2.75, 3.05) is 12.4 Å². The van der Waals surface area contributed by atoms with Crippen molar-refractivity contribution in [1.29, 1.82) is 0 Å². The molecule has 0 radical (unpaired) electrons. The number of hydrogen-bond acceptors (Lipinski definition) is 5. The Morgan fingerprint density at radius 2 is 1.72 bits per heavy atom. The fourth-order valence-electron chi connectivity index (χ4n) is 5.64. The van der Waals surface area contributed by atoms with E-state index in [-0.39, 0.29) is 0 Å². The summed E-state index contributed by atoms with van der Waals surface area (Å²) in [6.45, 7) is 0. The molecule has 0 saturated heterocycles. The molecule has 198 valence electrons. The lowest BCUT2D eigenvalue weighted by atomic mass is 9.95. The predicted molar refractivity (Wildman–Crippen MR) is 159 cm³/mol. The third-order valence-corrected chi connectivity index (χ3v) is 7.41. The summed E-state index contributed by atoms with van der Waals surface area (Å²) in [6, 6.07) is 24.4. The third kappa shape index (κ3) is 5.01. The molecule has 2 heterocycles. The molecule has 1 fully saturated rings. The van der Waals surface area contributed by atoms with Crippen LogP contribution in [0.15, 0.2) is 79.0 Å². The van der Waals surface area contributed by atoms with Crippen molar-refractivity contribution in [2.45, 2.75) is 38.1 Å². The molecule has 5 aromatic rings. The molecule has 6 rings (SSSR count). The molecule has 2 aromatic heterocycles. The summed E-state index contributed by atoms with van der Waals surface area (Å²) < 4.78 is 2.23. The molecular weight excluding hydrogens is 486 g/mol. The maximum atomic E-state index is 12.3. The van der Waals surface area contributed by atoms with Gasteiger partial charge >= 0.3 is 0 Å². The van der Waals surface area contributed by atoms with Crippen molar-refractivity contribution in [2.24, 2.45) is 11.5 Å². The number of rotatable bonds is 6. The molecule has 1 aliphatic carbocycles. The number of aromatic nitrogens is 2. The first-order valence-electron chi connectivity index (χ1n) is 13.4. The number of primary amides is 1. The highest BCUT2D eigenvalue weighted by Gasteiger charge is 2.20. The number of fused-ring (bicyclic) bond motifs is 3. The van der Waals surface area contributed by atoms with Crippen molar-refractivity contribution in [1.82, 2.24) is 9.55 Å². The van der Waals surface area contributed by atoms with E-state index in [0.29, 0.717) is 17.3 Å². The molecular formula is C32H33N5O2. The maximum absolute atomic E-state index is 12.3. The first kappa shape index (κ1) is 26.1. The predicted octanol–water partition coefficient (Wildman–Crippen LogP) is 6.08. The topological polar surface area (TPSA) is 116 Å². The normalized spacial score (nSPS) is 13.6. The van der Waals surface area contributed by atoms with Crippen LogP contribution < -0.4 is 16.8 Å². The standard InChI is InChI=1S/C31H28N4O2.CH5N/c32-31(37)25-16-15-23(17-27(25)34-21-7-2-1-3-8-21)35-28-11-5-4-9-26(28)30-24(10-6-12-29(30)35)20-13-14-22(19-36)33-18-20;1-2/h4-6,9-19,21,34H,1-3,7-8H2,(H2,32,37);2H2,1H3. The van der Waals surface area contributed by atoms with E-state index in [9.17, 15) is 9.59 Å². The number of benzene rings is 3. The molecule has 5 N–H and O–H groups in total. The summed E-state index contributed by atoms with van der Waals surface area (Å²) >= 11 is 0. The minimum absolute atomic E-state index is 0.341. The van der Waals surface area contributed by atoms with Crippen molar-refractivity contribution < 1.29 is 9.59 Å². The Kier molecular flexibility index (Phi) is 7.70. The zero-order chi connectivity index (χ0) is 27.4. The Labute approximate surface area is 227 Å². The fraction of sp³-hybridized carbons (Fsp3) is 0.219. The minimum Gasteiger partial charge on any atom is -0.382 e. The van der Waals surface area contributed by atoms with Crippen LogP contribution in [-0.4, -0.2) is 34.8 Å². The van der Waals surface area contributed by atoms with Gasteiger partial charge in [0.15, 0.2) is 6.29 Å². The average molecular weight is 520 g/mol. The molecule has 1 aliphatic rings. The number of carbonyl (C=O) groups is 2. The van der Waals surface area contributed by atoms with Gasteiger partial charge in [0, 0.05) is 39.9 Å². The van der Waals surface area contributed by atoms with Crippen LogP contribution in [0.5, 0.6) is 0 Å². The van der Waals surface area contributed by atoms with Gasteiger partial charge in [0.25, 0.3) is 5.91 Å². The Balaban J connectivity index is 0.00000151. The smallest absolute Gasteiger partial charge is 0.250 e. The summed E-state index contributed by atoms with van der Waals surface area (Å²) in [7, 11) is 1.50. The van der Waals surface area contributed by atoms with Gasteiger partial charge in [0.1, 0.15) is 5.69 Å². The van der Waals surface area contributed by atoms with Crippen molar-refractivity contribution in [3.8, 4) is 16.8 Å². The van der Waals surface area contributed by atoms with E-state index >= 15 is 0 Å². The Bertz CT molecular complexity index is 1630. The van der Waals surface area contributed by atoms with E-state index < -0.39 is 5.91 Å². The van der Waals surface area contributed by atoms with E-state index in [4.69, 9.17) is 5.73 Å². The van der Waals surface area contributed by atoms with Gasteiger partial charge in [0.05, 0.1) is 16.6 Å². The van der Waals surface area contributed by atoms with Crippen LogP contribution in [0, 0.1) is 0 Å². The van der Waals surface area contributed by atoms with Gasteiger partial charge in [-0.05, 0) is 61.9 Å². The first-order valence-corrected chi connectivity index (χ1v) is 13.4. The van der Waals surface area contributed by atoms with Crippen LogP contribution in [0.25, 0.3) is 38.6 Å². The molecule has 39 heavy (non-hydrogen) atoms. The van der Waals surface area contributed by atoms with Gasteiger partial charge in [-0.1, -0.05) is 55.7 Å². The van der Waals surface area contributed by atoms with E-state index in [1.54, 1.807) is 12.3 Å². The van der Waals surface area contributed by atoms with Crippen molar-refractivity contribution in [3.63, 3.8) is 0 Å². The van der Waals surface area contributed by atoms with Crippen LogP contribution in [0.3, 0.4) is 0 Å². The molecule has 1 amide bonds. The number of nitrogens with zero attached hydrogens (tertiary/aromatic N) is 2. The lowest BCUT2D eigenvalue weighted by Crippen LogP contribution is -2.24. The van der Waals surface area contributed by atoms with Gasteiger partial charge in [-0.2, -0.15) is 0 Å². The summed E-state index contributed by atoms with van der Waals surface area (Å²) in [4.78, 5) is 27.7. The minimum atomic E-state index is -0.430. The second kappa shape index (κ2) is 11.5. The Hall–Kier alpha value is -4.49. The molecule has 0 spiro atoms. The van der Waals surface area contributed by atoms with Gasteiger partial charge in [0.2, 0.25) is 0 Å². The highest BCUT2D eigenvalue weighted by atomic mass is 16.1. The van der Waals surface area contributed by atoms with Gasteiger partial charge in [-0.25, -0.2) is 0 Å². The second-order valence-corrected chi connectivity index (χ2v) is 9.72. The van der Waals surface area contributed by atoms with Crippen molar-refractivity contribution in [3.05, 3.63) is 90.3 Å². The van der Waals surface area contributed by atoms with Crippen LogP contribution in [0.1, 0.15) is 53.0 Å². The molecule has 0 atom stereocenters. The third-order valence-electron chi connectivity index (χ3n) is 7.41. The van der Waals surface area contributed by atoms with Crippen molar-refractivity contribution >= 4 is 39.7 Å². The Morgan fingerprint density at radius 1 is 0.949 bits per heavy atom. The fourth-order valence-corrected chi connectivity index (χ4v) is 5.64. The van der Waals surface area contributed by atoms with Gasteiger partial charge in [-0.15, -0.1) is 0 Å². The number of amides is 1.